The summed E-state index contributed by atoms with van der Waals surface area (Å²) < 4.78 is 0. The first-order chi connectivity index (χ1) is 5.58. The molecule has 3 unspecified atom stereocenters. The monoisotopic (exact) mass is 168 g/mol. The summed E-state index contributed by atoms with van der Waals surface area (Å²) in [5.74, 6) is -0.174. The van der Waals surface area contributed by atoms with Crippen molar-refractivity contribution in [2.75, 3.05) is 0 Å². The summed E-state index contributed by atoms with van der Waals surface area (Å²) >= 11 is 0. The fourth-order valence-electron chi connectivity index (χ4n) is 1.51. The molecule has 68 valence electrons. The van der Waals surface area contributed by atoms with Gasteiger partial charge in [0.2, 0.25) is 0 Å². The van der Waals surface area contributed by atoms with E-state index in [4.69, 9.17) is 0 Å². The van der Waals surface area contributed by atoms with Crippen LogP contribution in [0.3, 0.4) is 0 Å². The van der Waals surface area contributed by atoms with Gasteiger partial charge in [-0.25, -0.2) is 0 Å². The van der Waals surface area contributed by atoms with Gasteiger partial charge in [0, 0.05) is 5.92 Å². The van der Waals surface area contributed by atoms with Crippen LogP contribution in [0.4, 0.5) is 0 Å². The van der Waals surface area contributed by atoms with Gasteiger partial charge in [0.05, 0.1) is 11.7 Å². The lowest BCUT2D eigenvalue weighted by atomic mass is 9.81. The Hall–Kier alpha value is -0.600. The van der Waals surface area contributed by atoms with Gasteiger partial charge < -0.3 is 10.2 Å². The number of aliphatic hydroxyl groups excluding tert-OH is 1. The van der Waals surface area contributed by atoms with Crippen molar-refractivity contribution < 1.29 is 10.2 Å². The SMILES string of the molecule is CCC(O)C1C=CC=CC1(C)O. The van der Waals surface area contributed by atoms with Crippen LogP contribution in [-0.2, 0) is 0 Å². The third-order valence-corrected chi connectivity index (χ3v) is 2.37. The standard InChI is InChI=1S/C10H16O2/c1-3-9(11)8-6-4-5-7-10(8,2)12/h4-9,11-12H,3H2,1-2H3. The van der Waals surface area contributed by atoms with Gasteiger partial charge in [0.15, 0.2) is 0 Å². The van der Waals surface area contributed by atoms with E-state index in [0.29, 0.717) is 6.42 Å². The lowest BCUT2D eigenvalue weighted by molar-refractivity contribution is -0.00567. The minimum absolute atomic E-state index is 0.174. The Morgan fingerprint density at radius 2 is 2.17 bits per heavy atom. The van der Waals surface area contributed by atoms with E-state index >= 15 is 0 Å². The van der Waals surface area contributed by atoms with Crippen LogP contribution in [0.2, 0.25) is 0 Å². The van der Waals surface area contributed by atoms with Crippen molar-refractivity contribution in [1.82, 2.24) is 0 Å². The molecule has 1 aliphatic rings. The van der Waals surface area contributed by atoms with E-state index in [-0.39, 0.29) is 5.92 Å². The molecule has 3 atom stereocenters. The molecule has 2 N–H and O–H groups in total. The second kappa shape index (κ2) is 3.42. The van der Waals surface area contributed by atoms with Crippen molar-refractivity contribution in [2.24, 2.45) is 5.92 Å². The fourth-order valence-corrected chi connectivity index (χ4v) is 1.51. The van der Waals surface area contributed by atoms with Crippen molar-refractivity contribution >= 4 is 0 Å². The van der Waals surface area contributed by atoms with Gasteiger partial charge in [-0.05, 0) is 13.3 Å². The summed E-state index contributed by atoms with van der Waals surface area (Å²) in [5, 5.41) is 19.4. The number of allylic oxidation sites excluding steroid dienone is 2. The molecule has 0 saturated heterocycles. The van der Waals surface area contributed by atoms with Gasteiger partial charge in [0.1, 0.15) is 0 Å². The highest BCUT2D eigenvalue weighted by Gasteiger charge is 2.33. The molecule has 0 aliphatic heterocycles. The molecule has 0 spiro atoms. The highest BCUT2D eigenvalue weighted by Crippen LogP contribution is 2.27. The van der Waals surface area contributed by atoms with Crippen LogP contribution in [0.15, 0.2) is 24.3 Å². The summed E-state index contributed by atoms with van der Waals surface area (Å²) in [6.07, 6.45) is 7.45. The molecule has 0 heterocycles. The number of hydrogen-bond donors (Lipinski definition) is 2. The minimum Gasteiger partial charge on any atom is -0.392 e. The molecule has 0 amide bonds. The van der Waals surface area contributed by atoms with Gasteiger partial charge >= 0.3 is 0 Å². The van der Waals surface area contributed by atoms with Crippen molar-refractivity contribution in [3.05, 3.63) is 24.3 Å². The molecule has 0 fully saturated rings. The summed E-state index contributed by atoms with van der Waals surface area (Å²) in [4.78, 5) is 0. The van der Waals surface area contributed by atoms with Crippen LogP contribution in [0.1, 0.15) is 20.3 Å². The van der Waals surface area contributed by atoms with Gasteiger partial charge in [-0.3, -0.25) is 0 Å². The molecule has 1 rings (SSSR count). The lowest BCUT2D eigenvalue weighted by Gasteiger charge is -2.33. The maximum absolute atomic E-state index is 9.84. The number of rotatable bonds is 2. The number of aliphatic hydroxyl groups is 2. The highest BCUT2D eigenvalue weighted by atomic mass is 16.3. The van der Waals surface area contributed by atoms with Crippen LogP contribution in [0, 0.1) is 5.92 Å². The van der Waals surface area contributed by atoms with Crippen LogP contribution < -0.4 is 0 Å². The van der Waals surface area contributed by atoms with Crippen LogP contribution in [-0.4, -0.2) is 21.9 Å². The highest BCUT2D eigenvalue weighted by molar-refractivity contribution is 5.21. The number of hydrogen-bond acceptors (Lipinski definition) is 2. The van der Waals surface area contributed by atoms with E-state index in [2.05, 4.69) is 0 Å². The minimum atomic E-state index is -0.899. The Kier molecular flexibility index (Phi) is 2.70. The third kappa shape index (κ3) is 1.76. The molecule has 0 bridgehead atoms. The van der Waals surface area contributed by atoms with Crippen molar-refractivity contribution in [3.8, 4) is 0 Å². The Balaban J connectivity index is 2.76. The Morgan fingerprint density at radius 3 is 2.67 bits per heavy atom. The molecule has 0 saturated carbocycles. The van der Waals surface area contributed by atoms with Crippen LogP contribution >= 0.6 is 0 Å². The van der Waals surface area contributed by atoms with E-state index < -0.39 is 11.7 Å². The Labute approximate surface area is 73.2 Å². The molecule has 0 radical (unpaired) electrons. The zero-order valence-electron chi connectivity index (χ0n) is 7.57. The molecule has 12 heavy (non-hydrogen) atoms. The zero-order chi connectivity index (χ0) is 9.19. The molecule has 2 nitrogen and oxygen atoms in total. The molecule has 1 aliphatic carbocycles. The average Bonchev–Trinajstić information content (AvgIpc) is 2.02. The van der Waals surface area contributed by atoms with Gasteiger partial charge in [-0.2, -0.15) is 0 Å². The molecule has 0 aromatic heterocycles. The Morgan fingerprint density at radius 1 is 1.50 bits per heavy atom. The fraction of sp³-hybridized carbons (Fsp3) is 0.600. The average molecular weight is 168 g/mol. The zero-order valence-corrected chi connectivity index (χ0v) is 7.57. The predicted octanol–water partition coefficient (Wildman–Crippen LogP) is 1.25. The summed E-state index contributed by atoms with van der Waals surface area (Å²) in [6.45, 7) is 3.63. The van der Waals surface area contributed by atoms with Crippen molar-refractivity contribution in [1.29, 1.82) is 0 Å². The molecule has 0 aromatic carbocycles. The van der Waals surface area contributed by atoms with Gasteiger partial charge in [-0.15, -0.1) is 0 Å². The smallest absolute Gasteiger partial charge is 0.0889 e. The summed E-state index contributed by atoms with van der Waals surface area (Å²) in [6, 6.07) is 0. The molecule has 2 heteroatoms. The maximum atomic E-state index is 9.84. The van der Waals surface area contributed by atoms with E-state index in [1.165, 1.54) is 0 Å². The van der Waals surface area contributed by atoms with Gasteiger partial charge in [0.25, 0.3) is 0 Å². The largest absolute Gasteiger partial charge is 0.392 e. The van der Waals surface area contributed by atoms with E-state index in [1.54, 1.807) is 19.1 Å². The summed E-state index contributed by atoms with van der Waals surface area (Å²) in [7, 11) is 0. The van der Waals surface area contributed by atoms with E-state index in [9.17, 15) is 10.2 Å². The molecular formula is C10H16O2. The van der Waals surface area contributed by atoms with Crippen LogP contribution in [0.25, 0.3) is 0 Å². The van der Waals surface area contributed by atoms with Crippen LogP contribution in [0.5, 0.6) is 0 Å². The summed E-state index contributed by atoms with van der Waals surface area (Å²) in [5.41, 5.74) is -0.899. The maximum Gasteiger partial charge on any atom is 0.0889 e. The lowest BCUT2D eigenvalue weighted by Crippen LogP contribution is -2.39. The predicted molar refractivity (Wildman–Crippen MR) is 48.7 cm³/mol. The first-order valence-corrected chi connectivity index (χ1v) is 4.34. The van der Waals surface area contributed by atoms with Gasteiger partial charge in [-0.1, -0.05) is 31.2 Å². The first-order valence-electron chi connectivity index (χ1n) is 4.34. The molecule has 0 aromatic rings. The third-order valence-electron chi connectivity index (χ3n) is 2.37. The normalized spacial score (nSPS) is 36.8. The topological polar surface area (TPSA) is 40.5 Å². The van der Waals surface area contributed by atoms with E-state index in [1.807, 2.05) is 19.1 Å². The van der Waals surface area contributed by atoms with E-state index in [0.717, 1.165) is 0 Å². The second-order valence-electron chi connectivity index (χ2n) is 3.47. The van der Waals surface area contributed by atoms with Crippen molar-refractivity contribution in [3.63, 3.8) is 0 Å². The first kappa shape index (κ1) is 9.49. The molecular weight excluding hydrogens is 152 g/mol. The second-order valence-corrected chi connectivity index (χ2v) is 3.47. The Bertz CT molecular complexity index is 204. The quantitative estimate of drug-likeness (QED) is 0.651. The van der Waals surface area contributed by atoms with Crippen molar-refractivity contribution in [2.45, 2.75) is 32.0 Å².